The normalized spacial score (nSPS) is 15.1. The number of aromatic nitrogens is 1. The van der Waals surface area contributed by atoms with Crippen molar-refractivity contribution >= 4 is 29.2 Å². The number of pyridine rings is 1. The molecule has 0 N–H and O–H groups in total. The average molecular weight is 384 g/mol. The van der Waals surface area contributed by atoms with Gasteiger partial charge in [0, 0.05) is 18.3 Å². The fourth-order valence-electron chi connectivity index (χ4n) is 2.59. The van der Waals surface area contributed by atoms with E-state index < -0.39 is 24.1 Å². The predicted molar refractivity (Wildman–Crippen MR) is 88.4 cm³/mol. The Hall–Kier alpha value is -2.61. The Morgan fingerprint density at radius 1 is 1.12 bits per heavy atom. The van der Waals surface area contributed by atoms with Crippen LogP contribution in [0, 0.1) is 5.82 Å². The van der Waals surface area contributed by atoms with Gasteiger partial charge in [-0.1, -0.05) is 35.9 Å². The van der Waals surface area contributed by atoms with Crippen LogP contribution in [0.2, 0.25) is 5.02 Å². The van der Waals surface area contributed by atoms with Crippen molar-refractivity contribution in [2.75, 3.05) is 18.0 Å². The van der Waals surface area contributed by atoms with E-state index in [1.165, 1.54) is 35.4 Å². The van der Waals surface area contributed by atoms with Crippen LogP contribution in [0.5, 0.6) is 0 Å². The molecule has 1 fully saturated rings. The van der Waals surface area contributed by atoms with Gasteiger partial charge in [0.2, 0.25) is 11.8 Å². The molecule has 1 aliphatic heterocycles. The summed E-state index contributed by atoms with van der Waals surface area (Å²) in [6.07, 6.45) is -1.38. The lowest BCUT2D eigenvalue weighted by Crippen LogP contribution is -2.54. The molecule has 1 saturated heterocycles. The smallest absolute Gasteiger partial charge is 0.263 e. The molecule has 2 amide bonds. The molecule has 0 atom stereocenters. The van der Waals surface area contributed by atoms with Crippen molar-refractivity contribution in [1.82, 2.24) is 9.88 Å². The molecule has 2 heterocycles. The molecular weight excluding hydrogens is 371 g/mol. The summed E-state index contributed by atoms with van der Waals surface area (Å²) in [7, 11) is 0. The van der Waals surface area contributed by atoms with Crippen molar-refractivity contribution in [3.05, 3.63) is 58.5 Å². The van der Waals surface area contributed by atoms with Crippen LogP contribution in [0.4, 0.5) is 19.0 Å². The largest absolute Gasteiger partial charge is 0.327 e. The minimum absolute atomic E-state index is 0.0795. The zero-order chi connectivity index (χ0) is 18.8. The van der Waals surface area contributed by atoms with E-state index in [-0.39, 0.29) is 36.0 Å². The number of amides is 2. The first-order chi connectivity index (χ1) is 12.3. The maximum absolute atomic E-state index is 14.0. The van der Waals surface area contributed by atoms with Gasteiger partial charge in [0.15, 0.2) is 11.6 Å². The molecule has 0 aliphatic carbocycles. The van der Waals surface area contributed by atoms with Gasteiger partial charge >= 0.3 is 0 Å². The van der Waals surface area contributed by atoms with E-state index in [1.807, 2.05) is 0 Å². The molecule has 0 spiro atoms. The lowest BCUT2D eigenvalue weighted by atomic mass is 10.1. The SMILES string of the molecule is O=C1CN(c2ncc(Cl)cc2F)C(=O)CN1Cc1ccc(C(F)F)cc1. The summed E-state index contributed by atoms with van der Waals surface area (Å²) in [4.78, 5) is 30.7. The summed E-state index contributed by atoms with van der Waals surface area (Å²) in [5.74, 6) is -1.95. The number of benzene rings is 1. The van der Waals surface area contributed by atoms with Crippen molar-refractivity contribution in [2.24, 2.45) is 0 Å². The molecule has 0 radical (unpaired) electrons. The summed E-state index contributed by atoms with van der Waals surface area (Å²) in [5, 5.41) is 0.0795. The third-order valence-corrected chi connectivity index (χ3v) is 4.13. The molecule has 5 nitrogen and oxygen atoms in total. The van der Waals surface area contributed by atoms with Gasteiger partial charge in [-0.25, -0.2) is 18.2 Å². The van der Waals surface area contributed by atoms with E-state index in [1.54, 1.807) is 0 Å². The van der Waals surface area contributed by atoms with Gasteiger partial charge in [-0.2, -0.15) is 0 Å². The van der Waals surface area contributed by atoms with Gasteiger partial charge < -0.3 is 4.90 Å². The topological polar surface area (TPSA) is 53.5 Å². The summed E-state index contributed by atoms with van der Waals surface area (Å²) in [6.45, 7) is -0.531. The Bertz CT molecular complexity index is 846. The molecule has 9 heteroatoms. The van der Waals surface area contributed by atoms with E-state index in [0.29, 0.717) is 5.56 Å². The molecular formula is C17H13ClF3N3O2. The molecule has 3 rings (SSSR count). The van der Waals surface area contributed by atoms with Crippen molar-refractivity contribution in [3.8, 4) is 0 Å². The fraction of sp³-hybridized carbons (Fsp3) is 0.235. The molecule has 1 aromatic carbocycles. The second-order valence-electron chi connectivity index (χ2n) is 5.73. The Balaban J connectivity index is 1.72. The number of piperazine rings is 1. The number of anilines is 1. The van der Waals surface area contributed by atoms with Gasteiger partial charge in [0.05, 0.1) is 5.02 Å². The van der Waals surface area contributed by atoms with Crippen LogP contribution >= 0.6 is 11.6 Å². The first kappa shape index (κ1) is 18.2. The summed E-state index contributed by atoms with van der Waals surface area (Å²) in [5.41, 5.74) is 0.491. The zero-order valence-corrected chi connectivity index (χ0v) is 14.1. The lowest BCUT2D eigenvalue weighted by Gasteiger charge is -2.33. The van der Waals surface area contributed by atoms with E-state index in [0.717, 1.165) is 11.0 Å². The number of alkyl halides is 2. The van der Waals surface area contributed by atoms with E-state index in [4.69, 9.17) is 11.6 Å². The summed E-state index contributed by atoms with van der Waals surface area (Å²) in [6, 6.07) is 6.52. The second-order valence-corrected chi connectivity index (χ2v) is 6.17. The third-order valence-electron chi connectivity index (χ3n) is 3.92. The number of carbonyl (C=O) groups is 2. The predicted octanol–water partition coefficient (Wildman–Crippen LogP) is 3.19. The number of rotatable bonds is 4. The third kappa shape index (κ3) is 3.80. The maximum atomic E-state index is 14.0. The van der Waals surface area contributed by atoms with Crippen LogP contribution in [0.15, 0.2) is 36.5 Å². The highest BCUT2D eigenvalue weighted by Crippen LogP contribution is 2.23. The van der Waals surface area contributed by atoms with Crippen LogP contribution in [-0.2, 0) is 16.1 Å². The molecule has 1 aromatic heterocycles. The average Bonchev–Trinajstić information content (AvgIpc) is 2.59. The molecule has 2 aromatic rings. The number of nitrogens with zero attached hydrogens (tertiary/aromatic N) is 3. The van der Waals surface area contributed by atoms with Crippen molar-refractivity contribution in [1.29, 1.82) is 0 Å². The monoisotopic (exact) mass is 383 g/mol. The first-order valence-electron chi connectivity index (χ1n) is 7.61. The van der Waals surface area contributed by atoms with Crippen molar-refractivity contribution in [2.45, 2.75) is 13.0 Å². The quantitative estimate of drug-likeness (QED) is 0.814. The minimum atomic E-state index is -2.57. The molecule has 136 valence electrons. The van der Waals surface area contributed by atoms with Crippen LogP contribution in [-0.4, -0.2) is 34.8 Å². The lowest BCUT2D eigenvalue weighted by molar-refractivity contribution is -0.138. The van der Waals surface area contributed by atoms with Crippen LogP contribution < -0.4 is 4.90 Å². The van der Waals surface area contributed by atoms with E-state index in [9.17, 15) is 22.8 Å². The van der Waals surface area contributed by atoms with E-state index >= 15 is 0 Å². The summed E-state index contributed by atoms with van der Waals surface area (Å²) >= 11 is 5.64. The van der Waals surface area contributed by atoms with E-state index in [2.05, 4.69) is 4.98 Å². The molecule has 0 saturated carbocycles. The number of hydrogen-bond donors (Lipinski definition) is 0. The standard InChI is InChI=1S/C17H13ClF3N3O2/c18-12-5-13(19)17(22-6-12)24-9-14(25)23(8-15(24)26)7-10-1-3-11(4-2-10)16(20)21/h1-6,16H,7-9H2. The Morgan fingerprint density at radius 2 is 1.81 bits per heavy atom. The Labute approximate surface area is 152 Å². The molecule has 0 bridgehead atoms. The number of carbonyl (C=O) groups excluding carboxylic acids is 2. The minimum Gasteiger partial charge on any atom is -0.327 e. The molecule has 26 heavy (non-hydrogen) atoms. The van der Waals surface area contributed by atoms with Crippen LogP contribution in [0.25, 0.3) is 0 Å². The highest BCUT2D eigenvalue weighted by Gasteiger charge is 2.33. The second kappa shape index (κ2) is 7.33. The van der Waals surface area contributed by atoms with Crippen molar-refractivity contribution < 1.29 is 22.8 Å². The molecule has 1 aliphatic rings. The maximum Gasteiger partial charge on any atom is 0.263 e. The molecule has 0 unspecified atom stereocenters. The highest BCUT2D eigenvalue weighted by molar-refractivity contribution is 6.30. The van der Waals surface area contributed by atoms with Crippen molar-refractivity contribution in [3.63, 3.8) is 0 Å². The van der Waals surface area contributed by atoms with Gasteiger partial charge in [0.25, 0.3) is 6.43 Å². The van der Waals surface area contributed by atoms with Gasteiger partial charge in [-0.3, -0.25) is 14.5 Å². The zero-order valence-electron chi connectivity index (χ0n) is 13.3. The highest BCUT2D eigenvalue weighted by atomic mass is 35.5. The fourth-order valence-corrected chi connectivity index (χ4v) is 2.74. The number of hydrogen-bond acceptors (Lipinski definition) is 3. The summed E-state index contributed by atoms with van der Waals surface area (Å²) < 4.78 is 39.1. The van der Waals surface area contributed by atoms with Crippen LogP contribution in [0.1, 0.15) is 17.6 Å². The number of halogens is 4. The van der Waals surface area contributed by atoms with Crippen LogP contribution in [0.3, 0.4) is 0 Å². The Morgan fingerprint density at radius 3 is 2.42 bits per heavy atom. The Kier molecular flexibility index (Phi) is 5.13. The van der Waals surface area contributed by atoms with Gasteiger partial charge in [-0.05, 0) is 11.6 Å². The van der Waals surface area contributed by atoms with Gasteiger partial charge in [0.1, 0.15) is 13.1 Å². The first-order valence-corrected chi connectivity index (χ1v) is 7.99. The van der Waals surface area contributed by atoms with Gasteiger partial charge in [-0.15, -0.1) is 0 Å².